The van der Waals surface area contributed by atoms with Crippen molar-refractivity contribution in [1.82, 2.24) is 5.43 Å². The van der Waals surface area contributed by atoms with Crippen molar-refractivity contribution in [2.45, 2.75) is 32.2 Å². The van der Waals surface area contributed by atoms with Crippen molar-refractivity contribution >= 4 is 11.5 Å². The molecule has 3 heteroatoms. The topological polar surface area (TPSA) is 41.5 Å². The minimum Gasteiger partial charge on any atom is -0.306 e. The SMILES string of the molecule is C[C@H]1NN=C2C(=O)CCC[C@@H]21. The van der Waals surface area contributed by atoms with Gasteiger partial charge in [0.15, 0.2) is 5.78 Å². The summed E-state index contributed by atoms with van der Waals surface area (Å²) >= 11 is 0. The van der Waals surface area contributed by atoms with E-state index in [1.54, 1.807) is 0 Å². The molecule has 1 aliphatic carbocycles. The number of fused-ring (bicyclic) bond motifs is 1. The molecule has 3 nitrogen and oxygen atoms in total. The highest BCUT2D eigenvalue weighted by atomic mass is 16.1. The molecule has 1 heterocycles. The van der Waals surface area contributed by atoms with Crippen LogP contribution < -0.4 is 5.43 Å². The highest BCUT2D eigenvalue weighted by molar-refractivity contribution is 6.41. The molecule has 0 saturated heterocycles. The summed E-state index contributed by atoms with van der Waals surface area (Å²) in [6.07, 6.45) is 2.86. The maximum atomic E-state index is 11.3. The molecule has 0 radical (unpaired) electrons. The lowest BCUT2D eigenvalue weighted by atomic mass is 9.83. The Morgan fingerprint density at radius 2 is 2.45 bits per heavy atom. The van der Waals surface area contributed by atoms with Crippen LogP contribution in [0.15, 0.2) is 5.10 Å². The van der Waals surface area contributed by atoms with Crippen molar-refractivity contribution in [1.29, 1.82) is 0 Å². The lowest BCUT2D eigenvalue weighted by Crippen LogP contribution is -2.32. The van der Waals surface area contributed by atoms with Crippen LogP contribution in [-0.4, -0.2) is 17.5 Å². The van der Waals surface area contributed by atoms with Crippen LogP contribution in [0.1, 0.15) is 26.2 Å². The fourth-order valence-electron chi connectivity index (χ4n) is 1.85. The van der Waals surface area contributed by atoms with Gasteiger partial charge in [0.2, 0.25) is 0 Å². The van der Waals surface area contributed by atoms with E-state index in [0.29, 0.717) is 18.4 Å². The average molecular weight is 152 g/mol. The zero-order valence-corrected chi connectivity index (χ0v) is 6.63. The smallest absolute Gasteiger partial charge is 0.179 e. The minimum atomic E-state index is 0.248. The van der Waals surface area contributed by atoms with Gasteiger partial charge in [-0.3, -0.25) is 4.79 Å². The summed E-state index contributed by atoms with van der Waals surface area (Å²) in [6, 6.07) is 0.370. The number of hydrogen-bond donors (Lipinski definition) is 1. The third kappa shape index (κ3) is 0.951. The van der Waals surface area contributed by atoms with E-state index in [0.717, 1.165) is 18.6 Å². The number of ketones is 1. The number of carbonyl (C=O) groups excluding carboxylic acids is 1. The maximum Gasteiger partial charge on any atom is 0.179 e. The molecule has 60 valence electrons. The number of nitrogens with one attached hydrogen (secondary N) is 1. The van der Waals surface area contributed by atoms with Crippen LogP contribution in [0.25, 0.3) is 0 Å². The van der Waals surface area contributed by atoms with Crippen LogP contribution in [0.3, 0.4) is 0 Å². The van der Waals surface area contributed by atoms with Gasteiger partial charge in [0.05, 0.1) is 0 Å². The Balaban J connectivity index is 2.22. The summed E-state index contributed by atoms with van der Waals surface area (Å²) in [6.45, 7) is 2.08. The van der Waals surface area contributed by atoms with Crippen LogP contribution in [0.5, 0.6) is 0 Å². The predicted molar refractivity (Wildman–Crippen MR) is 42.4 cm³/mol. The molecule has 11 heavy (non-hydrogen) atoms. The zero-order valence-electron chi connectivity index (χ0n) is 6.63. The van der Waals surface area contributed by atoms with E-state index >= 15 is 0 Å². The minimum absolute atomic E-state index is 0.248. The van der Waals surface area contributed by atoms with Crippen molar-refractivity contribution in [3.8, 4) is 0 Å². The van der Waals surface area contributed by atoms with Gasteiger partial charge in [-0.2, -0.15) is 5.10 Å². The number of hydrogen-bond acceptors (Lipinski definition) is 3. The van der Waals surface area contributed by atoms with Crippen molar-refractivity contribution in [3.63, 3.8) is 0 Å². The van der Waals surface area contributed by atoms with Gasteiger partial charge in [0.25, 0.3) is 0 Å². The fraction of sp³-hybridized carbons (Fsp3) is 0.750. The van der Waals surface area contributed by atoms with Crippen molar-refractivity contribution in [2.75, 3.05) is 0 Å². The first-order valence-electron chi connectivity index (χ1n) is 4.15. The number of Topliss-reactive ketones (excluding diaryl/α,β-unsaturated/α-hetero) is 1. The van der Waals surface area contributed by atoms with E-state index in [2.05, 4.69) is 17.5 Å². The second-order valence-electron chi connectivity index (χ2n) is 3.34. The van der Waals surface area contributed by atoms with E-state index in [4.69, 9.17) is 0 Å². The molecule has 0 spiro atoms. The van der Waals surface area contributed by atoms with Crippen LogP contribution in [0.2, 0.25) is 0 Å². The van der Waals surface area contributed by atoms with Crippen molar-refractivity contribution in [2.24, 2.45) is 11.0 Å². The van der Waals surface area contributed by atoms with E-state index in [1.807, 2.05) is 0 Å². The molecule has 1 fully saturated rings. The monoisotopic (exact) mass is 152 g/mol. The van der Waals surface area contributed by atoms with Gasteiger partial charge in [-0.15, -0.1) is 0 Å². The summed E-state index contributed by atoms with van der Waals surface area (Å²) < 4.78 is 0. The average Bonchev–Trinajstić information content (AvgIpc) is 2.35. The number of carbonyl (C=O) groups is 1. The van der Waals surface area contributed by atoms with Crippen LogP contribution in [0, 0.1) is 5.92 Å². The molecule has 0 aromatic carbocycles. The first kappa shape index (κ1) is 6.83. The second kappa shape index (κ2) is 2.32. The molecule has 2 rings (SSSR count). The van der Waals surface area contributed by atoms with E-state index in [9.17, 15) is 4.79 Å². The normalized spacial score (nSPS) is 36.1. The lowest BCUT2D eigenvalue weighted by Gasteiger charge is -2.19. The Hall–Kier alpha value is -0.860. The zero-order chi connectivity index (χ0) is 7.84. The Bertz CT molecular complexity index is 222. The summed E-state index contributed by atoms with van der Waals surface area (Å²) in [4.78, 5) is 11.3. The molecular weight excluding hydrogens is 140 g/mol. The number of nitrogens with zero attached hydrogens (tertiary/aromatic N) is 1. The lowest BCUT2D eigenvalue weighted by molar-refractivity contribution is -0.113. The number of hydrazone groups is 1. The summed E-state index contributed by atoms with van der Waals surface area (Å²) in [5.41, 5.74) is 3.75. The van der Waals surface area contributed by atoms with Crippen LogP contribution >= 0.6 is 0 Å². The molecule has 1 aliphatic heterocycles. The molecule has 2 aliphatic rings. The Morgan fingerprint density at radius 1 is 1.64 bits per heavy atom. The van der Waals surface area contributed by atoms with Gasteiger partial charge >= 0.3 is 0 Å². The quantitative estimate of drug-likeness (QED) is 0.555. The van der Waals surface area contributed by atoms with Gasteiger partial charge in [0, 0.05) is 18.4 Å². The summed E-state index contributed by atoms with van der Waals surface area (Å²) in [7, 11) is 0. The highest BCUT2D eigenvalue weighted by Crippen LogP contribution is 2.25. The molecule has 0 aromatic heterocycles. The first-order chi connectivity index (χ1) is 5.29. The van der Waals surface area contributed by atoms with Crippen molar-refractivity contribution < 1.29 is 4.79 Å². The molecule has 2 atom stereocenters. The Kier molecular flexibility index (Phi) is 1.44. The molecule has 0 bridgehead atoms. The predicted octanol–water partition coefficient (Wildman–Crippen LogP) is 0.703. The molecule has 1 saturated carbocycles. The van der Waals surface area contributed by atoms with Gasteiger partial charge in [-0.1, -0.05) is 0 Å². The van der Waals surface area contributed by atoms with Gasteiger partial charge in [-0.05, 0) is 19.8 Å². The first-order valence-corrected chi connectivity index (χ1v) is 4.15. The largest absolute Gasteiger partial charge is 0.306 e. The molecule has 0 amide bonds. The highest BCUT2D eigenvalue weighted by Gasteiger charge is 2.35. The summed E-state index contributed by atoms with van der Waals surface area (Å²) in [5, 5.41) is 4.04. The molecule has 0 aromatic rings. The standard InChI is InChI=1S/C8H12N2O/c1-5-6-3-2-4-7(11)8(6)10-9-5/h5-6,9H,2-4H2,1H3/t5-,6-/m1/s1. The fourth-order valence-corrected chi connectivity index (χ4v) is 1.85. The van der Waals surface area contributed by atoms with E-state index in [-0.39, 0.29) is 5.78 Å². The van der Waals surface area contributed by atoms with Crippen LogP contribution in [0.4, 0.5) is 0 Å². The Labute approximate surface area is 65.9 Å². The number of rotatable bonds is 0. The summed E-state index contributed by atoms with van der Waals surface area (Å²) in [5.74, 6) is 0.648. The van der Waals surface area contributed by atoms with E-state index < -0.39 is 0 Å². The third-order valence-electron chi connectivity index (χ3n) is 2.55. The molecule has 1 N–H and O–H groups in total. The Morgan fingerprint density at radius 3 is 3.18 bits per heavy atom. The maximum absolute atomic E-state index is 11.3. The molecule has 0 unspecified atom stereocenters. The van der Waals surface area contributed by atoms with Gasteiger partial charge in [0.1, 0.15) is 5.71 Å². The second-order valence-corrected chi connectivity index (χ2v) is 3.34. The third-order valence-corrected chi connectivity index (χ3v) is 2.55. The van der Waals surface area contributed by atoms with Crippen molar-refractivity contribution in [3.05, 3.63) is 0 Å². The van der Waals surface area contributed by atoms with Gasteiger partial charge < -0.3 is 5.43 Å². The van der Waals surface area contributed by atoms with Gasteiger partial charge in [-0.25, -0.2) is 0 Å². The molecular formula is C8H12N2O. The van der Waals surface area contributed by atoms with E-state index in [1.165, 1.54) is 0 Å². The van der Waals surface area contributed by atoms with Crippen LogP contribution in [-0.2, 0) is 4.79 Å².